The van der Waals surface area contributed by atoms with E-state index < -0.39 is 22.2 Å². The first-order valence-electron chi connectivity index (χ1n) is 6.33. The van der Waals surface area contributed by atoms with E-state index in [-0.39, 0.29) is 24.5 Å². The molecule has 3 N–H and O–H groups in total. The van der Waals surface area contributed by atoms with Gasteiger partial charge in [0, 0.05) is 12.1 Å². The third kappa shape index (κ3) is 4.99. The Kier molecular flexibility index (Phi) is 5.60. The van der Waals surface area contributed by atoms with Crippen LogP contribution in [0, 0.1) is 15.9 Å². The van der Waals surface area contributed by atoms with Crippen LogP contribution in [0.25, 0.3) is 0 Å². The molecule has 0 radical (unpaired) electrons. The first-order chi connectivity index (χ1) is 9.74. The molecule has 0 spiro atoms. The lowest BCUT2D eigenvalue weighted by Crippen LogP contribution is -2.44. The molecule has 0 aromatic heterocycles. The Morgan fingerprint density at radius 2 is 2.19 bits per heavy atom. The van der Waals surface area contributed by atoms with Crippen LogP contribution in [0.5, 0.6) is 5.75 Å². The highest BCUT2D eigenvalue weighted by Gasteiger charge is 2.26. The summed E-state index contributed by atoms with van der Waals surface area (Å²) in [5.74, 6) is -1.87. The monoisotopic (exact) mass is 300 g/mol. The van der Waals surface area contributed by atoms with Crippen molar-refractivity contribution in [2.45, 2.75) is 31.7 Å². The Balaban J connectivity index is 2.48. The average molecular weight is 300 g/mol. The molecule has 1 aromatic rings. The average Bonchev–Trinajstić information content (AvgIpc) is 2.37. The molecule has 1 aromatic carbocycles. The van der Waals surface area contributed by atoms with E-state index in [1.807, 2.05) is 0 Å². The predicted octanol–water partition coefficient (Wildman–Crippen LogP) is 2.08. The van der Waals surface area contributed by atoms with Gasteiger partial charge in [0.05, 0.1) is 11.5 Å². The minimum atomic E-state index is -1.31. The molecule has 0 aliphatic heterocycles. The molecule has 0 bridgehead atoms. The normalized spacial score (nSPS) is 13.5. The second kappa shape index (κ2) is 6.98. The number of aliphatic carboxylic acids is 1. The number of carboxylic acids is 1. The summed E-state index contributed by atoms with van der Waals surface area (Å²) in [5, 5.41) is 19.6. The van der Waals surface area contributed by atoms with Crippen molar-refractivity contribution in [2.24, 2.45) is 5.73 Å². The molecule has 1 rings (SSSR count). The standard InChI is InChI=1S/C13H17FN2O5/c1-13(15,12(17)18)6-2-3-7-21-11-8-9(14)4-5-10(11)16(19)20/h4-5,8H,2-3,6-7,15H2,1H3,(H,17,18). The van der Waals surface area contributed by atoms with Gasteiger partial charge in [-0.25, -0.2) is 4.39 Å². The summed E-state index contributed by atoms with van der Waals surface area (Å²) >= 11 is 0. The van der Waals surface area contributed by atoms with Crippen LogP contribution in [0.15, 0.2) is 18.2 Å². The minimum absolute atomic E-state index is 0.111. The van der Waals surface area contributed by atoms with E-state index in [4.69, 9.17) is 15.6 Å². The lowest BCUT2D eigenvalue weighted by molar-refractivity contribution is -0.385. The number of hydrogen-bond acceptors (Lipinski definition) is 5. The predicted molar refractivity (Wildman–Crippen MR) is 72.6 cm³/mol. The van der Waals surface area contributed by atoms with E-state index >= 15 is 0 Å². The molecule has 1 unspecified atom stereocenters. The van der Waals surface area contributed by atoms with Gasteiger partial charge in [0.25, 0.3) is 0 Å². The number of carboxylic acid groups (broad SMARTS) is 1. The molecule has 1 atom stereocenters. The van der Waals surface area contributed by atoms with Crippen LogP contribution in [0.2, 0.25) is 0 Å². The molecular formula is C13H17FN2O5. The number of nitrogens with zero attached hydrogens (tertiary/aromatic N) is 1. The number of nitro benzene ring substituents is 1. The van der Waals surface area contributed by atoms with Gasteiger partial charge in [-0.15, -0.1) is 0 Å². The fourth-order valence-corrected chi connectivity index (χ4v) is 1.64. The van der Waals surface area contributed by atoms with Gasteiger partial charge in [-0.05, 0) is 32.3 Å². The zero-order chi connectivity index (χ0) is 16.0. The highest BCUT2D eigenvalue weighted by atomic mass is 19.1. The first-order valence-corrected chi connectivity index (χ1v) is 6.33. The van der Waals surface area contributed by atoms with E-state index in [0.717, 1.165) is 18.2 Å². The van der Waals surface area contributed by atoms with Crippen molar-refractivity contribution in [1.82, 2.24) is 0 Å². The molecule has 116 valence electrons. The number of ether oxygens (including phenoxy) is 1. The molecule has 7 nitrogen and oxygen atoms in total. The number of carbonyl (C=O) groups is 1. The first kappa shape index (κ1) is 16.8. The number of halogens is 1. The van der Waals surface area contributed by atoms with Gasteiger partial charge in [0.2, 0.25) is 0 Å². The van der Waals surface area contributed by atoms with Crippen molar-refractivity contribution in [1.29, 1.82) is 0 Å². The van der Waals surface area contributed by atoms with Gasteiger partial charge in [0.15, 0.2) is 5.75 Å². The maximum absolute atomic E-state index is 13.0. The Bertz CT molecular complexity index is 533. The molecule has 0 amide bonds. The second-order valence-corrected chi connectivity index (χ2v) is 4.90. The third-order valence-corrected chi connectivity index (χ3v) is 2.96. The van der Waals surface area contributed by atoms with Crippen LogP contribution in [0.4, 0.5) is 10.1 Å². The lowest BCUT2D eigenvalue weighted by atomic mass is 9.97. The summed E-state index contributed by atoms with van der Waals surface area (Å²) in [7, 11) is 0. The fourth-order valence-electron chi connectivity index (χ4n) is 1.64. The molecule has 21 heavy (non-hydrogen) atoms. The van der Waals surface area contributed by atoms with Crippen LogP contribution >= 0.6 is 0 Å². The van der Waals surface area contributed by atoms with Crippen molar-refractivity contribution in [3.05, 3.63) is 34.1 Å². The summed E-state index contributed by atoms with van der Waals surface area (Å²) in [4.78, 5) is 20.9. The minimum Gasteiger partial charge on any atom is -0.487 e. The highest BCUT2D eigenvalue weighted by Crippen LogP contribution is 2.27. The maximum Gasteiger partial charge on any atom is 0.323 e. The second-order valence-electron chi connectivity index (χ2n) is 4.90. The Morgan fingerprint density at radius 1 is 1.52 bits per heavy atom. The number of rotatable bonds is 8. The fraction of sp³-hybridized carbons (Fsp3) is 0.462. The van der Waals surface area contributed by atoms with Crippen LogP contribution < -0.4 is 10.5 Å². The van der Waals surface area contributed by atoms with Gasteiger partial charge in [-0.1, -0.05) is 0 Å². The van der Waals surface area contributed by atoms with Crippen LogP contribution in [-0.2, 0) is 4.79 Å². The smallest absolute Gasteiger partial charge is 0.323 e. The van der Waals surface area contributed by atoms with Crippen LogP contribution in [0.3, 0.4) is 0 Å². The highest BCUT2D eigenvalue weighted by molar-refractivity contribution is 5.77. The summed E-state index contributed by atoms with van der Waals surface area (Å²) in [6, 6.07) is 2.96. The summed E-state index contributed by atoms with van der Waals surface area (Å²) < 4.78 is 18.2. The van der Waals surface area contributed by atoms with Gasteiger partial charge < -0.3 is 15.6 Å². The van der Waals surface area contributed by atoms with Crippen molar-refractivity contribution in [3.8, 4) is 5.75 Å². The maximum atomic E-state index is 13.0. The molecule has 8 heteroatoms. The molecule has 0 saturated heterocycles. The lowest BCUT2D eigenvalue weighted by Gasteiger charge is -2.18. The molecule has 0 heterocycles. The molecule has 0 saturated carbocycles. The van der Waals surface area contributed by atoms with Crippen LogP contribution in [-0.4, -0.2) is 28.1 Å². The Hall–Kier alpha value is -2.22. The largest absolute Gasteiger partial charge is 0.487 e. The molecule has 0 aliphatic carbocycles. The summed E-state index contributed by atoms with van der Waals surface area (Å²) in [6.45, 7) is 1.52. The van der Waals surface area contributed by atoms with Gasteiger partial charge in [0.1, 0.15) is 11.4 Å². The number of benzene rings is 1. The zero-order valence-electron chi connectivity index (χ0n) is 11.5. The van der Waals surface area contributed by atoms with E-state index in [1.54, 1.807) is 0 Å². The Morgan fingerprint density at radius 3 is 2.76 bits per heavy atom. The number of nitro groups is 1. The summed E-state index contributed by atoms with van der Waals surface area (Å²) in [6.07, 6.45) is 1.17. The molecular weight excluding hydrogens is 283 g/mol. The van der Waals surface area contributed by atoms with E-state index in [1.165, 1.54) is 6.92 Å². The summed E-state index contributed by atoms with van der Waals surface area (Å²) in [5.41, 5.74) is 3.93. The number of nitrogens with two attached hydrogens (primary N) is 1. The van der Waals surface area contributed by atoms with Gasteiger partial charge in [-0.3, -0.25) is 14.9 Å². The zero-order valence-corrected chi connectivity index (χ0v) is 11.5. The number of unbranched alkanes of at least 4 members (excludes halogenated alkanes) is 1. The quantitative estimate of drug-likeness (QED) is 0.431. The molecule has 0 aliphatic rings. The van der Waals surface area contributed by atoms with Crippen molar-refractivity contribution < 1.29 is 24.0 Å². The third-order valence-electron chi connectivity index (χ3n) is 2.96. The number of hydrogen-bond donors (Lipinski definition) is 2. The van der Waals surface area contributed by atoms with Crippen molar-refractivity contribution in [2.75, 3.05) is 6.61 Å². The Labute approximate surface area is 120 Å². The van der Waals surface area contributed by atoms with Crippen LogP contribution in [0.1, 0.15) is 26.2 Å². The van der Waals surface area contributed by atoms with Gasteiger partial charge in [-0.2, -0.15) is 0 Å². The topological polar surface area (TPSA) is 116 Å². The van der Waals surface area contributed by atoms with E-state index in [0.29, 0.717) is 12.8 Å². The molecule has 0 fully saturated rings. The van der Waals surface area contributed by atoms with E-state index in [2.05, 4.69) is 0 Å². The van der Waals surface area contributed by atoms with Crippen molar-refractivity contribution in [3.63, 3.8) is 0 Å². The SMILES string of the molecule is CC(N)(CCCCOc1cc(F)ccc1[N+](=O)[O-])C(=O)O. The van der Waals surface area contributed by atoms with Gasteiger partial charge >= 0.3 is 11.7 Å². The van der Waals surface area contributed by atoms with E-state index in [9.17, 15) is 19.3 Å². The van der Waals surface area contributed by atoms with Crippen molar-refractivity contribution >= 4 is 11.7 Å².